The molecule has 1 N–H and O–H groups in total. The second-order valence-electron chi connectivity index (χ2n) is 10.6. The SMILES string of the molecule is CCN1C(=O)N2Cc3cc(OC)cc(O)c3C(C)C=C2C12CCN(Cc1nc3ccccc3n1C)CC2. The number of hydrogen-bond donors (Lipinski definition) is 1. The molecule has 1 spiro atoms. The molecule has 3 aliphatic heterocycles. The summed E-state index contributed by atoms with van der Waals surface area (Å²) in [7, 11) is 3.68. The highest BCUT2D eigenvalue weighted by Crippen LogP contribution is 2.48. The number of likely N-dealkylation sites (N-methyl/N-ethyl adjacent to an activating group) is 1. The first kappa shape index (κ1) is 23.9. The molecule has 2 aromatic carbocycles. The van der Waals surface area contributed by atoms with Crippen LogP contribution in [0.4, 0.5) is 4.79 Å². The lowest BCUT2D eigenvalue weighted by molar-refractivity contribution is 0.0871. The summed E-state index contributed by atoms with van der Waals surface area (Å²) in [5.41, 5.74) is 4.76. The van der Waals surface area contributed by atoms with E-state index >= 15 is 0 Å². The van der Waals surface area contributed by atoms with Gasteiger partial charge in [-0.25, -0.2) is 9.78 Å². The average Bonchev–Trinajstić information content (AvgIpc) is 3.23. The Morgan fingerprint density at radius 1 is 1.19 bits per heavy atom. The summed E-state index contributed by atoms with van der Waals surface area (Å²) >= 11 is 0. The van der Waals surface area contributed by atoms with Gasteiger partial charge in [0, 0.05) is 49.9 Å². The van der Waals surface area contributed by atoms with Crippen LogP contribution in [0.3, 0.4) is 0 Å². The van der Waals surface area contributed by atoms with E-state index in [0.29, 0.717) is 18.8 Å². The number of carbonyl (C=O) groups is 1. The molecular formula is C29H35N5O3. The highest BCUT2D eigenvalue weighted by Gasteiger charge is 2.54. The van der Waals surface area contributed by atoms with Crippen LogP contribution in [0.2, 0.25) is 0 Å². The Labute approximate surface area is 217 Å². The molecule has 1 atom stereocenters. The Balaban J connectivity index is 1.29. The van der Waals surface area contributed by atoms with Crippen molar-refractivity contribution in [1.29, 1.82) is 0 Å². The minimum atomic E-state index is -0.329. The number of aromatic nitrogens is 2. The summed E-state index contributed by atoms with van der Waals surface area (Å²) in [6, 6.07) is 11.9. The third kappa shape index (κ3) is 3.61. The van der Waals surface area contributed by atoms with Gasteiger partial charge in [0.1, 0.15) is 17.3 Å². The first-order chi connectivity index (χ1) is 17.9. The molecule has 8 heteroatoms. The van der Waals surface area contributed by atoms with Crippen LogP contribution in [0.15, 0.2) is 48.2 Å². The molecule has 1 unspecified atom stereocenters. The number of phenols is 1. The number of aromatic hydroxyl groups is 1. The third-order valence-electron chi connectivity index (χ3n) is 8.64. The van der Waals surface area contributed by atoms with Gasteiger partial charge in [0.05, 0.1) is 36.8 Å². The third-order valence-corrected chi connectivity index (χ3v) is 8.64. The number of allylic oxidation sites excluding steroid dienone is 1. The van der Waals surface area contributed by atoms with Crippen molar-refractivity contribution in [1.82, 2.24) is 24.3 Å². The van der Waals surface area contributed by atoms with E-state index in [-0.39, 0.29) is 23.2 Å². The molecule has 3 aromatic rings. The first-order valence-corrected chi connectivity index (χ1v) is 13.2. The number of methoxy groups -OCH3 is 1. The quantitative estimate of drug-likeness (QED) is 0.567. The van der Waals surface area contributed by atoms with Gasteiger partial charge >= 0.3 is 6.03 Å². The number of piperidine rings is 1. The maximum atomic E-state index is 13.8. The topological polar surface area (TPSA) is 74.1 Å². The highest BCUT2D eigenvalue weighted by atomic mass is 16.5. The fourth-order valence-electron chi connectivity index (χ4n) is 6.73. The number of aryl methyl sites for hydroxylation is 1. The van der Waals surface area contributed by atoms with Crippen LogP contribution >= 0.6 is 0 Å². The predicted molar refractivity (Wildman–Crippen MR) is 142 cm³/mol. The van der Waals surface area contributed by atoms with Gasteiger partial charge in [-0.3, -0.25) is 9.80 Å². The number of carbonyl (C=O) groups excluding carboxylic acids is 1. The number of fused-ring (bicyclic) bond motifs is 4. The molecule has 2 amide bonds. The molecule has 4 heterocycles. The van der Waals surface area contributed by atoms with Gasteiger partial charge in [-0.15, -0.1) is 0 Å². The summed E-state index contributed by atoms with van der Waals surface area (Å²) in [6.45, 7) is 7.86. The van der Waals surface area contributed by atoms with E-state index in [2.05, 4.69) is 59.5 Å². The number of urea groups is 1. The van der Waals surface area contributed by atoms with Crippen LogP contribution in [0, 0.1) is 0 Å². The van der Waals surface area contributed by atoms with Crippen LogP contribution in [-0.2, 0) is 20.1 Å². The number of phenolic OH excluding ortho intramolecular Hbond substituents is 1. The lowest BCUT2D eigenvalue weighted by atomic mass is 9.82. The van der Waals surface area contributed by atoms with Crippen molar-refractivity contribution in [2.45, 2.75) is 51.2 Å². The van der Waals surface area contributed by atoms with Gasteiger partial charge in [0.25, 0.3) is 0 Å². The molecule has 0 radical (unpaired) electrons. The molecule has 194 valence electrons. The zero-order chi connectivity index (χ0) is 25.9. The Bertz CT molecular complexity index is 1400. The molecule has 0 saturated carbocycles. The zero-order valence-electron chi connectivity index (χ0n) is 22.1. The van der Waals surface area contributed by atoms with Crippen LogP contribution in [0.5, 0.6) is 11.5 Å². The summed E-state index contributed by atoms with van der Waals surface area (Å²) in [6.07, 6.45) is 3.96. The lowest BCUT2D eigenvalue weighted by Gasteiger charge is -2.44. The molecule has 8 nitrogen and oxygen atoms in total. The Kier molecular flexibility index (Phi) is 5.67. The largest absolute Gasteiger partial charge is 0.507 e. The van der Waals surface area contributed by atoms with Crippen molar-refractivity contribution >= 4 is 17.1 Å². The van der Waals surface area contributed by atoms with Gasteiger partial charge in [-0.2, -0.15) is 0 Å². The standard InChI is InChI=1S/C29H35N5O3/c1-5-34-28(36)33-17-20-15-21(37-4)16-24(35)27(20)19(2)14-25(33)29(34)10-12-32(13-11-29)18-26-30-22-8-6-7-9-23(22)31(26)3/h6-9,14-16,19,35H,5,10-13,17-18H2,1-4H3. The van der Waals surface area contributed by atoms with Crippen molar-refractivity contribution < 1.29 is 14.6 Å². The number of amides is 2. The number of nitrogens with zero attached hydrogens (tertiary/aromatic N) is 5. The van der Waals surface area contributed by atoms with E-state index < -0.39 is 0 Å². The van der Waals surface area contributed by atoms with Crippen LogP contribution in [0.1, 0.15) is 49.6 Å². The molecule has 3 aliphatic rings. The Hall–Kier alpha value is -3.52. The molecule has 2 fully saturated rings. The number of para-hydroxylation sites is 2. The molecule has 1 aromatic heterocycles. The molecule has 0 aliphatic carbocycles. The molecule has 2 saturated heterocycles. The highest BCUT2D eigenvalue weighted by molar-refractivity contribution is 5.83. The zero-order valence-corrected chi connectivity index (χ0v) is 22.1. The normalized spacial score (nSPS) is 21.2. The molecule has 0 bridgehead atoms. The smallest absolute Gasteiger partial charge is 0.325 e. The van der Waals surface area contributed by atoms with Crippen LogP contribution in [-0.4, -0.2) is 67.7 Å². The average molecular weight is 502 g/mol. The molecular weight excluding hydrogens is 466 g/mol. The van der Waals surface area contributed by atoms with E-state index in [1.807, 2.05) is 17.0 Å². The van der Waals surface area contributed by atoms with Crippen molar-refractivity contribution in [2.75, 3.05) is 26.7 Å². The van der Waals surface area contributed by atoms with E-state index in [1.165, 1.54) is 0 Å². The second kappa shape index (κ2) is 8.80. The summed E-state index contributed by atoms with van der Waals surface area (Å²) in [4.78, 5) is 25.1. The number of likely N-dealkylation sites (tertiary alicyclic amines) is 1. The predicted octanol–water partition coefficient (Wildman–Crippen LogP) is 4.58. The first-order valence-electron chi connectivity index (χ1n) is 13.2. The number of ether oxygens (including phenoxy) is 1. The van der Waals surface area contributed by atoms with Gasteiger partial charge in [-0.1, -0.05) is 25.1 Å². The van der Waals surface area contributed by atoms with Gasteiger partial charge in [-0.05, 0) is 43.5 Å². The van der Waals surface area contributed by atoms with Gasteiger partial charge < -0.3 is 19.3 Å². The molecule has 37 heavy (non-hydrogen) atoms. The summed E-state index contributed by atoms with van der Waals surface area (Å²) in [5.74, 6) is 1.89. The van der Waals surface area contributed by atoms with E-state index in [4.69, 9.17) is 9.72 Å². The lowest BCUT2D eigenvalue weighted by Crippen LogP contribution is -2.53. The van der Waals surface area contributed by atoms with E-state index in [9.17, 15) is 9.90 Å². The Morgan fingerprint density at radius 2 is 1.95 bits per heavy atom. The number of rotatable bonds is 4. The van der Waals surface area contributed by atoms with E-state index in [1.54, 1.807) is 13.2 Å². The van der Waals surface area contributed by atoms with Crippen molar-refractivity contribution in [3.05, 3.63) is 65.1 Å². The van der Waals surface area contributed by atoms with Crippen molar-refractivity contribution in [2.24, 2.45) is 7.05 Å². The minimum absolute atomic E-state index is 0.0135. The van der Waals surface area contributed by atoms with Crippen LogP contribution < -0.4 is 4.74 Å². The number of hydrogen-bond acceptors (Lipinski definition) is 5. The van der Waals surface area contributed by atoms with E-state index in [0.717, 1.165) is 66.2 Å². The molecule has 6 rings (SSSR count). The van der Waals surface area contributed by atoms with Gasteiger partial charge in [0.2, 0.25) is 0 Å². The number of imidazole rings is 1. The summed E-state index contributed by atoms with van der Waals surface area (Å²) in [5, 5.41) is 10.8. The fraction of sp³-hybridized carbons (Fsp3) is 0.448. The van der Waals surface area contributed by atoms with Crippen molar-refractivity contribution in [3.8, 4) is 11.5 Å². The maximum absolute atomic E-state index is 13.8. The second-order valence-corrected chi connectivity index (χ2v) is 10.6. The summed E-state index contributed by atoms with van der Waals surface area (Å²) < 4.78 is 7.60. The van der Waals surface area contributed by atoms with Gasteiger partial charge in [0.15, 0.2) is 0 Å². The van der Waals surface area contributed by atoms with Crippen LogP contribution in [0.25, 0.3) is 11.0 Å². The fourth-order valence-corrected chi connectivity index (χ4v) is 6.73. The Morgan fingerprint density at radius 3 is 2.65 bits per heavy atom. The monoisotopic (exact) mass is 501 g/mol. The van der Waals surface area contributed by atoms with Crippen molar-refractivity contribution in [3.63, 3.8) is 0 Å². The maximum Gasteiger partial charge on any atom is 0.325 e. The minimum Gasteiger partial charge on any atom is -0.507 e. The number of benzene rings is 2.